The number of amides is 1. The number of aromatic nitrogens is 3. The highest BCUT2D eigenvalue weighted by molar-refractivity contribution is 7.99. The summed E-state index contributed by atoms with van der Waals surface area (Å²) < 4.78 is 7.53. The van der Waals surface area contributed by atoms with E-state index < -0.39 is 0 Å². The number of hydrogen-bond donors (Lipinski definition) is 1. The summed E-state index contributed by atoms with van der Waals surface area (Å²) in [5.74, 6) is 1.11. The van der Waals surface area contributed by atoms with E-state index in [1.54, 1.807) is 28.8 Å². The number of nitrogens with one attached hydrogen (secondary N) is 1. The van der Waals surface area contributed by atoms with Gasteiger partial charge in [0.1, 0.15) is 12.4 Å². The van der Waals surface area contributed by atoms with Gasteiger partial charge in [-0.3, -0.25) is 4.79 Å². The van der Waals surface area contributed by atoms with E-state index in [9.17, 15) is 4.79 Å². The molecule has 0 atom stereocenters. The fourth-order valence-corrected chi connectivity index (χ4v) is 3.63. The summed E-state index contributed by atoms with van der Waals surface area (Å²) in [4.78, 5) is 12.2. The molecule has 0 radical (unpaired) electrons. The molecule has 0 aliphatic rings. The highest BCUT2D eigenvalue weighted by Crippen LogP contribution is 2.30. The first kappa shape index (κ1) is 21.8. The second-order valence-electron chi connectivity index (χ2n) is 6.12. The predicted molar refractivity (Wildman–Crippen MR) is 117 cm³/mol. The van der Waals surface area contributed by atoms with Crippen molar-refractivity contribution in [3.05, 3.63) is 62.9 Å². The summed E-state index contributed by atoms with van der Waals surface area (Å²) in [6.45, 7) is 2.17. The lowest BCUT2D eigenvalue weighted by molar-refractivity contribution is -0.113. The quantitative estimate of drug-likeness (QED) is 0.468. The fourth-order valence-electron chi connectivity index (χ4n) is 2.38. The molecule has 1 heterocycles. The van der Waals surface area contributed by atoms with Gasteiger partial charge in [0.2, 0.25) is 5.91 Å². The molecule has 2 aromatic carbocycles. The van der Waals surface area contributed by atoms with Crippen molar-refractivity contribution in [2.45, 2.75) is 18.7 Å². The van der Waals surface area contributed by atoms with Gasteiger partial charge in [0.25, 0.3) is 0 Å². The van der Waals surface area contributed by atoms with Gasteiger partial charge < -0.3 is 14.6 Å². The topological polar surface area (TPSA) is 69.0 Å². The Morgan fingerprint density at radius 1 is 1.17 bits per heavy atom. The van der Waals surface area contributed by atoms with E-state index in [1.807, 2.05) is 26.1 Å². The number of ether oxygens (including phenoxy) is 1. The first-order valence-corrected chi connectivity index (χ1v) is 10.6. The van der Waals surface area contributed by atoms with Gasteiger partial charge in [-0.2, -0.15) is 0 Å². The number of thioether (sulfide) groups is 1. The Labute approximate surface area is 187 Å². The normalized spacial score (nSPS) is 10.8. The standard InChI is InChI=1S/C19H17Cl3N4O2S/c1-11-6-7-12(20)15(8-11)28-9-16-24-25-19(26(16)2)29-10-17(27)23-14-5-3-4-13(21)18(14)22/h3-8H,9-10H2,1-2H3,(H,23,27). The molecule has 0 aliphatic heterocycles. The molecular weight excluding hydrogens is 455 g/mol. The van der Waals surface area contributed by atoms with Crippen LogP contribution in [0, 0.1) is 6.92 Å². The van der Waals surface area contributed by atoms with Crippen LogP contribution in [0.2, 0.25) is 15.1 Å². The summed E-state index contributed by atoms with van der Waals surface area (Å²) in [5.41, 5.74) is 1.51. The average molecular weight is 472 g/mol. The van der Waals surface area contributed by atoms with Crippen LogP contribution in [0.25, 0.3) is 0 Å². The number of anilines is 1. The molecule has 3 aromatic rings. The molecule has 0 aliphatic carbocycles. The Morgan fingerprint density at radius 3 is 2.76 bits per heavy atom. The maximum atomic E-state index is 12.2. The van der Waals surface area contributed by atoms with Crippen molar-refractivity contribution < 1.29 is 9.53 Å². The first-order valence-electron chi connectivity index (χ1n) is 8.49. The minimum Gasteiger partial charge on any atom is -0.484 e. The van der Waals surface area contributed by atoms with Gasteiger partial charge in [-0.15, -0.1) is 10.2 Å². The van der Waals surface area contributed by atoms with Crippen LogP contribution in [0.5, 0.6) is 5.75 Å². The maximum absolute atomic E-state index is 12.2. The molecule has 1 N–H and O–H groups in total. The van der Waals surface area contributed by atoms with Crippen LogP contribution in [-0.4, -0.2) is 26.4 Å². The smallest absolute Gasteiger partial charge is 0.234 e. The molecule has 0 saturated carbocycles. The van der Waals surface area contributed by atoms with Crippen LogP contribution >= 0.6 is 46.6 Å². The zero-order chi connectivity index (χ0) is 21.0. The molecule has 0 bridgehead atoms. The molecule has 3 rings (SSSR count). The molecule has 0 spiro atoms. The molecule has 0 fully saturated rings. The molecule has 1 amide bonds. The number of carbonyl (C=O) groups is 1. The Morgan fingerprint density at radius 2 is 1.97 bits per heavy atom. The van der Waals surface area contributed by atoms with Gasteiger partial charge in [-0.05, 0) is 36.8 Å². The number of hydrogen-bond acceptors (Lipinski definition) is 5. The molecule has 10 heteroatoms. The van der Waals surface area contributed by atoms with Gasteiger partial charge >= 0.3 is 0 Å². The lowest BCUT2D eigenvalue weighted by Gasteiger charge is -2.09. The molecular formula is C19H17Cl3N4O2S. The highest BCUT2D eigenvalue weighted by atomic mass is 35.5. The van der Waals surface area contributed by atoms with Gasteiger partial charge in [0.05, 0.1) is 26.5 Å². The third-order valence-corrected chi connectivity index (χ3v) is 6.08. The number of aryl methyl sites for hydroxylation is 1. The minimum atomic E-state index is -0.230. The SMILES string of the molecule is Cc1ccc(Cl)c(OCc2nnc(SCC(=O)Nc3cccc(Cl)c3Cl)n2C)c1. The molecule has 1 aromatic heterocycles. The van der Waals surface area contributed by atoms with Crippen LogP contribution in [-0.2, 0) is 18.4 Å². The molecule has 6 nitrogen and oxygen atoms in total. The Hall–Kier alpha value is -1.93. The molecule has 29 heavy (non-hydrogen) atoms. The summed E-state index contributed by atoms with van der Waals surface area (Å²) in [6, 6.07) is 10.6. The second kappa shape index (κ2) is 9.71. The lowest BCUT2D eigenvalue weighted by atomic mass is 10.2. The van der Waals surface area contributed by atoms with Crippen LogP contribution in [0.15, 0.2) is 41.6 Å². The Bertz CT molecular complexity index is 1040. The predicted octanol–water partition coefficient (Wildman–Crippen LogP) is 5.39. The van der Waals surface area contributed by atoms with E-state index in [0.29, 0.717) is 37.5 Å². The third kappa shape index (κ3) is 5.57. The van der Waals surface area contributed by atoms with E-state index in [-0.39, 0.29) is 18.3 Å². The zero-order valence-electron chi connectivity index (χ0n) is 15.6. The van der Waals surface area contributed by atoms with Crippen LogP contribution < -0.4 is 10.1 Å². The average Bonchev–Trinajstić information content (AvgIpc) is 3.04. The van der Waals surface area contributed by atoms with Crippen molar-refractivity contribution in [3.8, 4) is 5.75 Å². The van der Waals surface area contributed by atoms with Crippen molar-refractivity contribution in [2.75, 3.05) is 11.1 Å². The zero-order valence-corrected chi connectivity index (χ0v) is 18.7. The van der Waals surface area contributed by atoms with Crippen molar-refractivity contribution in [3.63, 3.8) is 0 Å². The monoisotopic (exact) mass is 470 g/mol. The summed E-state index contributed by atoms with van der Waals surface area (Å²) in [7, 11) is 1.81. The molecule has 152 valence electrons. The summed E-state index contributed by atoms with van der Waals surface area (Å²) in [5, 5.41) is 12.8. The van der Waals surface area contributed by atoms with Gasteiger partial charge in [-0.1, -0.05) is 58.7 Å². The lowest BCUT2D eigenvalue weighted by Crippen LogP contribution is -2.15. The Kier molecular flexibility index (Phi) is 7.29. The van der Waals surface area contributed by atoms with Crippen LogP contribution in [0.1, 0.15) is 11.4 Å². The number of benzene rings is 2. The van der Waals surface area contributed by atoms with E-state index in [2.05, 4.69) is 15.5 Å². The van der Waals surface area contributed by atoms with E-state index in [0.717, 1.165) is 5.56 Å². The number of carbonyl (C=O) groups excluding carboxylic acids is 1. The van der Waals surface area contributed by atoms with Crippen molar-refractivity contribution in [1.29, 1.82) is 0 Å². The number of halogens is 3. The van der Waals surface area contributed by atoms with Crippen molar-refractivity contribution in [2.24, 2.45) is 7.05 Å². The summed E-state index contributed by atoms with van der Waals surface area (Å²) in [6.07, 6.45) is 0. The highest BCUT2D eigenvalue weighted by Gasteiger charge is 2.14. The van der Waals surface area contributed by atoms with E-state index in [4.69, 9.17) is 39.5 Å². The molecule has 0 saturated heterocycles. The Balaban J connectivity index is 1.57. The summed E-state index contributed by atoms with van der Waals surface area (Å²) >= 11 is 19.4. The maximum Gasteiger partial charge on any atom is 0.234 e. The van der Waals surface area contributed by atoms with E-state index >= 15 is 0 Å². The molecule has 0 unspecified atom stereocenters. The number of nitrogens with zero attached hydrogens (tertiary/aromatic N) is 3. The van der Waals surface area contributed by atoms with E-state index in [1.165, 1.54) is 11.8 Å². The fraction of sp³-hybridized carbons (Fsp3) is 0.211. The first-order chi connectivity index (χ1) is 13.8. The van der Waals surface area contributed by atoms with Gasteiger partial charge in [-0.25, -0.2) is 0 Å². The third-order valence-electron chi connectivity index (χ3n) is 3.93. The number of rotatable bonds is 7. The van der Waals surface area contributed by atoms with Gasteiger partial charge in [0.15, 0.2) is 11.0 Å². The second-order valence-corrected chi connectivity index (χ2v) is 8.25. The largest absolute Gasteiger partial charge is 0.484 e. The van der Waals surface area contributed by atoms with Crippen LogP contribution in [0.3, 0.4) is 0 Å². The van der Waals surface area contributed by atoms with Crippen molar-refractivity contribution in [1.82, 2.24) is 14.8 Å². The van der Waals surface area contributed by atoms with Crippen molar-refractivity contribution >= 4 is 58.2 Å². The van der Waals surface area contributed by atoms with Gasteiger partial charge in [0, 0.05) is 7.05 Å². The van der Waals surface area contributed by atoms with Crippen LogP contribution in [0.4, 0.5) is 5.69 Å². The minimum absolute atomic E-state index is 0.138.